The SMILES string of the molecule is COCCN1CCC(n2cc(C(N)=O)c(Nc3ccc(F)cc3)n2)C(C#N)C1. The molecule has 1 aromatic carbocycles. The molecule has 148 valence electrons. The van der Waals surface area contributed by atoms with E-state index in [9.17, 15) is 14.4 Å². The Bertz CT molecular complexity index is 860. The highest BCUT2D eigenvalue weighted by atomic mass is 19.1. The van der Waals surface area contributed by atoms with Gasteiger partial charge in [-0.15, -0.1) is 0 Å². The van der Waals surface area contributed by atoms with Gasteiger partial charge in [-0.25, -0.2) is 4.39 Å². The van der Waals surface area contributed by atoms with Crippen LogP contribution in [-0.2, 0) is 4.74 Å². The third-order valence-corrected chi connectivity index (χ3v) is 4.88. The molecule has 3 rings (SSSR count). The summed E-state index contributed by atoms with van der Waals surface area (Å²) < 4.78 is 19.9. The van der Waals surface area contributed by atoms with Gasteiger partial charge in [0, 0.05) is 38.6 Å². The van der Waals surface area contributed by atoms with E-state index in [-0.39, 0.29) is 29.2 Å². The summed E-state index contributed by atoms with van der Waals surface area (Å²) >= 11 is 0. The molecule has 3 N–H and O–H groups in total. The number of carbonyl (C=O) groups excluding carboxylic acids is 1. The lowest BCUT2D eigenvalue weighted by atomic mass is 9.93. The van der Waals surface area contributed by atoms with Crippen LogP contribution >= 0.6 is 0 Å². The second kappa shape index (κ2) is 8.82. The smallest absolute Gasteiger partial charge is 0.254 e. The lowest BCUT2D eigenvalue weighted by molar-refractivity contribution is 0.0993. The highest BCUT2D eigenvalue weighted by Crippen LogP contribution is 2.30. The van der Waals surface area contributed by atoms with E-state index in [0.717, 1.165) is 19.5 Å². The van der Waals surface area contributed by atoms with E-state index in [2.05, 4.69) is 21.4 Å². The average molecular weight is 386 g/mol. The van der Waals surface area contributed by atoms with Crippen LogP contribution in [0.2, 0.25) is 0 Å². The Balaban J connectivity index is 1.81. The molecule has 1 aliphatic rings. The van der Waals surface area contributed by atoms with Crippen molar-refractivity contribution in [3.05, 3.63) is 41.8 Å². The molecule has 1 aliphatic heterocycles. The molecule has 2 atom stereocenters. The van der Waals surface area contributed by atoms with Crippen LogP contribution < -0.4 is 11.1 Å². The van der Waals surface area contributed by atoms with Crippen LogP contribution in [0.25, 0.3) is 0 Å². The van der Waals surface area contributed by atoms with Crippen LogP contribution in [0.1, 0.15) is 22.8 Å². The molecular formula is C19H23FN6O2. The number of nitrogens with one attached hydrogen (secondary N) is 1. The van der Waals surface area contributed by atoms with Crippen molar-refractivity contribution < 1.29 is 13.9 Å². The van der Waals surface area contributed by atoms with E-state index in [1.54, 1.807) is 30.1 Å². The number of methoxy groups -OCH3 is 1. The molecule has 1 saturated heterocycles. The normalized spacial score (nSPS) is 19.9. The molecule has 0 bridgehead atoms. The van der Waals surface area contributed by atoms with Crippen LogP contribution in [0.5, 0.6) is 0 Å². The number of nitriles is 1. The number of piperidine rings is 1. The second-order valence-electron chi connectivity index (χ2n) is 6.75. The number of nitrogens with two attached hydrogens (primary N) is 1. The Labute approximate surface area is 162 Å². The van der Waals surface area contributed by atoms with E-state index >= 15 is 0 Å². The molecule has 0 saturated carbocycles. The lowest BCUT2D eigenvalue weighted by Crippen LogP contribution is -2.42. The fourth-order valence-electron chi connectivity index (χ4n) is 3.38. The number of rotatable bonds is 7. The second-order valence-corrected chi connectivity index (χ2v) is 6.75. The lowest BCUT2D eigenvalue weighted by Gasteiger charge is -2.35. The van der Waals surface area contributed by atoms with E-state index in [0.29, 0.717) is 18.8 Å². The Morgan fingerprint density at radius 1 is 1.46 bits per heavy atom. The number of hydrogen-bond donors (Lipinski definition) is 2. The van der Waals surface area contributed by atoms with Gasteiger partial charge in [-0.3, -0.25) is 14.4 Å². The zero-order chi connectivity index (χ0) is 20.1. The van der Waals surface area contributed by atoms with Gasteiger partial charge in [-0.05, 0) is 30.7 Å². The van der Waals surface area contributed by atoms with Crippen molar-refractivity contribution in [2.45, 2.75) is 12.5 Å². The first kappa shape index (κ1) is 19.8. The van der Waals surface area contributed by atoms with E-state index in [1.807, 2.05) is 0 Å². The van der Waals surface area contributed by atoms with Gasteiger partial charge >= 0.3 is 0 Å². The van der Waals surface area contributed by atoms with E-state index in [1.165, 1.54) is 12.1 Å². The number of hydrogen-bond acceptors (Lipinski definition) is 6. The highest BCUT2D eigenvalue weighted by molar-refractivity contribution is 5.98. The molecule has 0 radical (unpaired) electrons. The molecule has 2 unspecified atom stereocenters. The van der Waals surface area contributed by atoms with Crippen molar-refractivity contribution in [1.82, 2.24) is 14.7 Å². The largest absolute Gasteiger partial charge is 0.383 e. The standard InChI is InChI=1S/C19H23FN6O2/c1-28-9-8-25-7-6-17(13(10-21)11-25)26-12-16(18(22)27)19(24-26)23-15-4-2-14(20)3-5-15/h2-5,12-13,17H,6-9,11H2,1H3,(H2,22,27)(H,23,24). The summed E-state index contributed by atoms with van der Waals surface area (Å²) in [5, 5.41) is 17.1. The molecule has 28 heavy (non-hydrogen) atoms. The van der Waals surface area contributed by atoms with Crippen LogP contribution in [0.4, 0.5) is 15.9 Å². The fraction of sp³-hybridized carbons (Fsp3) is 0.421. The Hall–Kier alpha value is -2.96. The Morgan fingerprint density at radius 3 is 2.86 bits per heavy atom. The van der Waals surface area contributed by atoms with Crippen LogP contribution in [0.15, 0.2) is 30.5 Å². The monoisotopic (exact) mass is 386 g/mol. The minimum absolute atomic E-state index is 0.161. The number of halogens is 1. The summed E-state index contributed by atoms with van der Waals surface area (Å²) in [7, 11) is 1.65. The maximum Gasteiger partial charge on any atom is 0.254 e. The van der Waals surface area contributed by atoms with Crippen LogP contribution in [0.3, 0.4) is 0 Å². The minimum Gasteiger partial charge on any atom is -0.383 e. The van der Waals surface area contributed by atoms with Crippen molar-refractivity contribution in [2.24, 2.45) is 11.7 Å². The van der Waals surface area contributed by atoms with Crippen molar-refractivity contribution in [2.75, 3.05) is 38.7 Å². The van der Waals surface area contributed by atoms with Crippen molar-refractivity contribution in [1.29, 1.82) is 5.26 Å². The number of nitrogens with zero attached hydrogens (tertiary/aromatic N) is 4. The van der Waals surface area contributed by atoms with Gasteiger partial charge < -0.3 is 15.8 Å². The average Bonchev–Trinajstić information content (AvgIpc) is 3.11. The van der Waals surface area contributed by atoms with Gasteiger partial charge in [0.15, 0.2) is 5.82 Å². The summed E-state index contributed by atoms with van der Waals surface area (Å²) in [6.45, 7) is 2.79. The predicted octanol–water partition coefficient (Wildman–Crippen LogP) is 1.90. The number of amides is 1. The van der Waals surface area contributed by atoms with Crippen molar-refractivity contribution in [3.63, 3.8) is 0 Å². The summed E-state index contributed by atoms with van der Waals surface area (Å²) in [5.74, 6) is -0.965. The molecule has 8 nitrogen and oxygen atoms in total. The van der Waals surface area contributed by atoms with E-state index in [4.69, 9.17) is 10.5 Å². The van der Waals surface area contributed by atoms with Gasteiger partial charge in [0.1, 0.15) is 11.4 Å². The molecule has 1 amide bonds. The Morgan fingerprint density at radius 2 is 2.21 bits per heavy atom. The summed E-state index contributed by atoms with van der Waals surface area (Å²) in [4.78, 5) is 14.0. The molecule has 2 heterocycles. The molecule has 2 aromatic rings. The third kappa shape index (κ3) is 4.47. The summed E-state index contributed by atoms with van der Waals surface area (Å²) in [6.07, 6.45) is 2.30. The van der Waals surface area contributed by atoms with Crippen LogP contribution in [-0.4, -0.2) is 53.9 Å². The van der Waals surface area contributed by atoms with Gasteiger partial charge in [0.25, 0.3) is 5.91 Å². The summed E-state index contributed by atoms with van der Waals surface area (Å²) in [5.41, 5.74) is 6.31. The number of primary amides is 1. The molecule has 0 spiro atoms. The topological polar surface area (TPSA) is 109 Å². The first-order valence-corrected chi connectivity index (χ1v) is 9.04. The minimum atomic E-state index is -0.623. The van der Waals surface area contributed by atoms with Gasteiger partial charge in [0.2, 0.25) is 0 Å². The first-order chi connectivity index (χ1) is 13.5. The fourth-order valence-corrected chi connectivity index (χ4v) is 3.38. The molecule has 1 fully saturated rings. The molecule has 9 heteroatoms. The van der Waals surface area contributed by atoms with Crippen molar-refractivity contribution >= 4 is 17.4 Å². The highest BCUT2D eigenvalue weighted by Gasteiger charge is 2.32. The molecular weight excluding hydrogens is 363 g/mol. The molecule has 1 aromatic heterocycles. The first-order valence-electron chi connectivity index (χ1n) is 9.04. The predicted molar refractivity (Wildman–Crippen MR) is 102 cm³/mol. The Kier molecular flexibility index (Phi) is 6.23. The number of anilines is 2. The number of likely N-dealkylation sites (tertiary alicyclic amines) is 1. The maximum atomic E-state index is 13.1. The third-order valence-electron chi connectivity index (χ3n) is 4.88. The number of carbonyl (C=O) groups is 1. The van der Waals surface area contributed by atoms with Gasteiger partial charge in [0.05, 0.1) is 24.6 Å². The van der Waals surface area contributed by atoms with Crippen LogP contribution in [0, 0.1) is 23.1 Å². The van der Waals surface area contributed by atoms with Gasteiger partial charge in [-0.1, -0.05) is 0 Å². The zero-order valence-corrected chi connectivity index (χ0v) is 15.6. The van der Waals surface area contributed by atoms with Crippen molar-refractivity contribution in [3.8, 4) is 6.07 Å². The quantitative estimate of drug-likeness (QED) is 0.752. The number of ether oxygens (including phenoxy) is 1. The van der Waals surface area contributed by atoms with E-state index < -0.39 is 5.91 Å². The molecule has 0 aliphatic carbocycles. The number of benzene rings is 1. The van der Waals surface area contributed by atoms with Gasteiger partial charge in [-0.2, -0.15) is 10.4 Å². The zero-order valence-electron chi connectivity index (χ0n) is 15.6. The maximum absolute atomic E-state index is 13.1. The summed E-state index contributed by atoms with van der Waals surface area (Å²) in [6, 6.07) is 7.90. The number of aromatic nitrogens is 2.